The van der Waals surface area contributed by atoms with Crippen LogP contribution in [0.25, 0.3) is 10.9 Å². The summed E-state index contributed by atoms with van der Waals surface area (Å²) in [6, 6.07) is 1.75. The van der Waals surface area contributed by atoms with Gasteiger partial charge < -0.3 is 9.30 Å². The molecule has 3 rings (SSSR count). The van der Waals surface area contributed by atoms with Crippen LogP contribution in [0, 0.1) is 5.82 Å². The van der Waals surface area contributed by atoms with Crippen LogP contribution in [-0.2, 0) is 4.74 Å². The molecule has 23 heavy (non-hydrogen) atoms. The Kier molecular flexibility index (Phi) is 3.72. The number of halogens is 2. The fourth-order valence-corrected chi connectivity index (χ4v) is 3.37. The first-order chi connectivity index (χ1) is 10.9. The number of hydrogen-bond acceptors (Lipinski definition) is 4. The van der Waals surface area contributed by atoms with Crippen LogP contribution in [0.15, 0.2) is 16.9 Å². The number of rotatable bonds is 2. The van der Waals surface area contributed by atoms with Gasteiger partial charge in [-0.15, -0.1) is 0 Å². The van der Waals surface area contributed by atoms with Crippen LogP contribution < -0.4 is 5.43 Å². The van der Waals surface area contributed by atoms with Crippen molar-refractivity contribution in [3.63, 3.8) is 0 Å². The second kappa shape index (κ2) is 5.45. The van der Waals surface area contributed by atoms with Gasteiger partial charge in [0.15, 0.2) is 5.78 Å². The molecule has 0 fully saturated rings. The van der Waals surface area contributed by atoms with Crippen molar-refractivity contribution in [1.82, 2.24) is 4.57 Å². The van der Waals surface area contributed by atoms with Gasteiger partial charge in [-0.05, 0) is 26.0 Å². The molecule has 0 spiro atoms. The van der Waals surface area contributed by atoms with Gasteiger partial charge in [-0.1, -0.05) is 11.6 Å². The highest BCUT2D eigenvalue weighted by molar-refractivity contribution is 6.33. The third-order valence-corrected chi connectivity index (χ3v) is 4.28. The molecule has 1 aliphatic rings. The van der Waals surface area contributed by atoms with Gasteiger partial charge in [-0.2, -0.15) is 0 Å². The first-order valence-electron chi connectivity index (χ1n) is 7.14. The maximum Gasteiger partial charge on any atom is 0.345 e. The van der Waals surface area contributed by atoms with E-state index in [1.807, 2.05) is 0 Å². The van der Waals surface area contributed by atoms with E-state index in [1.165, 1.54) is 4.57 Å². The summed E-state index contributed by atoms with van der Waals surface area (Å²) >= 11 is 6.27. The molecule has 0 N–H and O–H groups in total. The maximum atomic E-state index is 13.8. The van der Waals surface area contributed by atoms with Crippen molar-refractivity contribution in [2.45, 2.75) is 26.3 Å². The number of ether oxygens (including phenoxy) is 1. The van der Waals surface area contributed by atoms with Gasteiger partial charge in [0.05, 0.1) is 17.5 Å². The summed E-state index contributed by atoms with van der Waals surface area (Å²) in [7, 11) is 0. The van der Waals surface area contributed by atoms with Crippen molar-refractivity contribution in [3.8, 4) is 0 Å². The third kappa shape index (κ3) is 2.25. The lowest BCUT2D eigenvalue weighted by Gasteiger charge is -2.27. The minimum Gasteiger partial charge on any atom is -0.462 e. The summed E-state index contributed by atoms with van der Waals surface area (Å²) in [6.07, 6.45) is 0.108. The molecule has 1 aromatic heterocycles. The van der Waals surface area contributed by atoms with Gasteiger partial charge in [0, 0.05) is 18.0 Å². The number of ketones is 1. The smallest absolute Gasteiger partial charge is 0.345 e. The normalized spacial score (nSPS) is 16.7. The topological polar surface area (TPSA) is 65.4 Å². The number of aromatic nitrogens is 1. The number of benzene rings is 1. The van der Waals surface area contributed by atoms with E-state index in [0.29, 0.717) is 0 Å². The van der Waals surface area contributed by atoms with Crippen molar-refractivity contribution >= 4 is 34.3 Å². The Balaban J connectivity index is 2.51. The molecule has 120 valence electrons. The first-order valence-corrected chi connectivity index (χ1v) is 7.52. The molecule has 0 amide bonds. The van der Waals surface area contributed by atoms with Crippen molar-refractivity contribution in [2.75, 3.05) is 6.61 Å². The number of carbonyl (C=O) groups excluding carboxylic acids is 2. The number of pyridine rings is 1. The van der Waals surface area contributed by atoms with Crippen LogP contribution >= 0.6 is 11.6 Å². The van der Waals surface area contributed by atoms with E-state index < -0.39 is 17.2 Å². The molecule has 0 radical (unpaired) electrons. The van der Waals surface area contributed by atoms with E-state index in [4.69, 9.17) is 16.3 Å². The third-order valence-electron chi connectivity index (χ3n) is 3.91. The van der Waals surface area contributed by atoms with Gasteiger partial charge >= 0.3 is 5.97 Å². The average molecular weight is 338 g/mol. The summed E-state index contributed by atoms with van der Waals surface area (Å²) < 4.78 is 20.2. The van der Waals surface area contributed by atoms with Gasteiger partial charge in [0.1, 0.15) is 16.5 Å². The van der Waals surface area contributed by atoms with E-state index in [1.54, 1.807) is 13.8 Å². The average Bonchev–Trinajstić information content (AvgIpc) is 2.46. The van der Waals surface area contributed by atoms with Gasteiger partial charge in [-0.25, -0.2) is 9.18 Å². The minimum absolute atomic E-state index is 0.0487. The largest absolute Gasteiger partial charge is 0.462 e. The Bertz CT molecular complexity index is 919. The molecule has 1 atom stereocenters. The zero-order chi connectivity index (χ0) is 16.9. The predicted molar refractivity (Wildman–Crippen MR) is 82.8 cm³/mol. The molecule has 7 heteroatoms. The number of hydrogen-bond donors (Lipinski definition) is 0. The molecule has 1 aromatic carbocycles. The van der Waals surface area contributed by atoms with Crippen molar-refractivity contribution in [2.24, 2.45) is 0 Å². The van der Waals surface area contributed by atoms with E-state index in [9.17, 15) is 18.8 Å². The van der Waals surface area contributed by atoms with Crippen molar-refractivity contribution in [1.29, 1.82) is 0 Å². The standard InChI is InChI=1S/C16H13ClFNO4/c1-3-23-16(22)12-14(21)10-6-8(18)5-9-11(20)4-7(2)19(13(9)10)15(12)17/h5-7H,3-4H2,1-2H3. The number of nitrogens with zero attached hydrogens (tertiary/aromatic N) is 1. The van der Waals surface area contributed by atoms with E-state index in [2.05, 4.69) is 0 Å². The van der Waals surface area contributed by atoms with E-state index in [0.717, 1.165) is 12.1 Å². The second-order valence-electron chi connectivity index (χ2n) is 5.41. The van der Waals surface area contributed by atoms with Gasteiger partial charge in [-0.3, -0.25) is 9.59 Å². The SMILES string of the molecule is CCOC(=O)c1c(Cl)n2c3c(cc(F)cc3c1=O)C(=O)CC2C. The van der Waals surface area contributed by atoms with Crippen molar-refractivity contribution in [3.05, 3.63) is 44.5 Å². The highest BCUT2D eigenvalue weighted by atomic mass is 35.5. The molecule has 2 aromatic rings. The number of carbonyl (C=O) groups is 2. The molecule has 5 nitrogen and oxygen atoms in total. The quantitative estimate of drug-likeness (QED) is 0.624. The monoisotopic (exact) mass is 337 g/mol. The van der Waals surface area contributed by atoms with Crippen LogP contribution in [-0.4, -0.2) is 22.9 Å². The Morgan fingerprint density at radius 1 is 1.43 bits per heavy atom. The Morgan fingerprint density at radius 3 is 2.78 bits per heavy atom. The number of Topliss-reactive ketones (excluding diaryl/α,β-unsaturated/α-hetero) is 1. The lowest BCUT2D eigenvalue weighted by atomic mass is 9.95. The van der Waals surface area contributed by atoms with Crippen LogP contribution in [0.3, 0.4) is 0 Å². The van der Waals surface area contributed by atoms with Crippen LogP contribution in [0.5, 0.6) is 0 Å². The van der Waals surface area contributed by atoms with Crippen LogP contribution in [0.2, 0.25) is 5.15 Å². The Hall–Kier alpha value is -2.21. The lowest BCUT2D eigenvalue weighted by molar-refractivity contribution is 0.0524. The molecule has 1 unspecified atom stereocenters. The molecule has 1 aliphatic heterocycles. The van der Waals surface area contributed by atoms with Crippen LogP contribution in [0.1, 0.15) is 47.0 Å². The molecule has 2 heterocycles. The summed E-state index contributed by atoms with van der Waals surface area (Å²) in [6.45, 7) is 3.43. The lowest BCUT2D eigenvalue weighted by Crippen LogP contribution is -2.28. The molecular formula is C16H13ClFNO4. The zero-order valence-electron chi connectivity index (χ0n) is 12.5. The Morgan fingerprint density at radius 2 is 2.13 bits per heavy atom. The van der Waals surface area contributed by atoms with E-state index >= 15 is 0 Å². The number of esters is 1. The summed E-state index contributed by atoms with van der Waals surface area (Å²) in [5.74, 6) is -1.83. The van der Waals surface area contributed by atoms with E-state index in [-0.39, 0.29) is 52.0 Å². The fraction of sp³-hybridized carbons (Fsp3) is 0.312. The zero-order valence-corrected chi connectivity index (χ0v) is 13.2. The maximum absolute atomic E-state index is 13.8. The Labute approximate surface area is 135 Å². The molecule has 0 saturated carbocycles. The van der Waals surface area contributed by atoms with Crippen LogP contribution in [0.4, 0.5) is 4.39 Å². The highest BCUT2D eigenvalue weighted by Gasteiger charge is 2.31. The summed E-state index contributed by atoms with van der Waals surface area (Å²) in [5, 5.41) is -0.138. The first kappa shape index (κ1) is 15.7. The summed E-state index contributed by atoms with van der Waals surface area (Å²) in [5.41, 5.74) is -0.702. The molecule has 0 bridgehead atoms. The van der Waals surface area contributed by atoms with Gasteiger partial charge in [0.2, 0.25) is 5.43 Å². The molecule has 0 aliphatic carbocycles. The van der Waals surface area contributed by atoms with Crippen molar-refractivity contribution < 1.29 is 18.7 Å². The van der Waals surface area contributed by atoms with Gasteiger partial charge in [0.25, 0.3) is 0 Å². The predicted octanol–water partition coefficient (Wildman–Crippen LogP) is 3.12. The minimum atomic E-state index is -0.858. The second-order valence-corrected chi connectivity index (χ2v) is 5.77. The highest BCUT2D eigenvalue weighted by Crippen LogP contribution is 2.34. The fourth-order valence-electron chi connectivity index (χ4n) is 2.95. The summed E-state index contributed by atoms with van der Waals surface area (Å²) in [4.78, 5) is 36.8. The molecular weight excluding hydrogens is 325 g/mol. The molecule has 0 saturated heterocycles.